The summed E-state index contributed by atoms with van der Waals surface area (Å²) in [5, 5.41) is 2.55. The van der Waals surface area contributed by atoms with Gasteiger partial charge in [0.1, 0.15) is 0 Å². The number of nitrogens with one attached hydrogen (secondary N) is 1. The Labute approximate surface area is 178 Å². The first-order valence-electron chi connectivity index (χ1n) is 11.4. The molecule has 3 heterocycles. The predicted octanol–water partition coefficient (Wildman–Crippen LogP) is 6.18. The van der Waals surface area contributed by atoms with Gasteiger partial charge in [0.15, 0.2) is 0 Å². The number of fused-ring (bicyclic) bond motifs is 4. The monoisotopic (exact) mass is 398 g/mol. The number of benzene rings is 1. The zero-order chi connectivity index (χ0) is 20.3. The topological polar surface area (TPSA) is 44.8 Å². The average molecular weight is 399 g/mol. The number of aryl methyl sites for hydroxylation is 1. The maximum atomic E-state index is 4.83. The van der Waals surface area contributed by atoms with Crippen LogP contribution in [0.4, 0.5) is 0 Å². The molecule has 0 radical (unpaired) electrons. The standard InChI is InChI=1S/C26H30N4/c1-2-3-6-15-30(25-13-7-9-19-10-8-14-27-26(19)25)18-20-16-22-21-11-4-5-12-23(21)29-24(22)17-28-20/h4-5,8,10-12,14,16-17,25,29H,2-3,6-7,9,13,15,18H2,1H3/t25-/m0/s1. The number of nitrogens with zero attached hydrogens (tertiary/aromatic N) is 3. The number of unbranched alkanes of at least 4 members (excludes halogenated alkanes) is 2. The molecule has 0 unspecified atom stereocenters. The Hall–Kier alpha value is -2.72. The van der Waals surface area contributed by atoms with Gasteiger partial charge in [-0.15, -0.1) is 0 Å². The molecule has 1 atom stereocenters. The van der Waals surface area contributed by atoms with Crippen molar-refractivity contribution in [1.82, 2.24) is 19.9 Å². The maximum Gasteiger partial charge on any atom is 0.0651 e. The molecule has 0 saturated carbocycles. The largest absolute Gasteiger partial charge is 0.353 e. The Balaban J connectivity index is 1.47. The Kier molecular flexibility index (Phi) is 5.50. The van der Waals surface area contributed by atoms with Gasteiger partial charge in [0.2, 0.25) is 0 Å². The summed E-state index contributed by atoms with van der Waals surface area (Å²) >= 11 is 0. The van der Waals surface area contributed by atoms with Crippen molar-refractivity contribution in [3.05, 3.63) is 71.8 Å². The first-order valence-corrected chi connectivity index (χ1v) is 11.4. The summed E-state index contributed by atoms with van der Waals surface area (Å²) < 4.78 is 0. The van der Waals surface area contributed by atoms with Crippen molar-refractivity contribution in [3.63, 3.8) is 0 Å². The summed E-state index contributed by atoms with van der Waals surface area (Å²) in [5.74, 6) is 0. The molecule has 4 heteroatoms. The van der Waals surface area contributed by atoms with Gasteiger partial charge in [-0.3, -0.25) is 14.9 Å². The molecule has 4 nitrogen and oxygen atoms in total. The van der Waals surface area contributed by atoms with Crippen LogP contribution in [0.2, 0.25) is 0 Å². The normalized spacial score (nSPS) is 16.4. The van der Waals surface area contributed by atoms with Gasteiger partial charge in [-0.25, -0.2) is 0 Å². The maximum absolute atomic E-state index is 4.83. The third kappa shape index (κ3) is 3.72. The molecular formula is C26H30N4. The molecule has 1 aromatic carbocycles. The number of para-hydroxylation sites is 1. The number of aromatic amines is 1. The van der Waals surface area contributed by atoms with E-state index in [1.807, 2.05) is 12.4 Å². The van der Waals surface area contributed by atoms with E-state index in [0.717, 1.165) is 30.7 Å². The van der Waals surface area contributed by atoms with E-state index in [4.69, 9.17) is 9.97 Å². The highest BCUT2D eigenvalue weighted by atomic mass is 15.2. The van der Waals surface area contributed by atoms with E-state index in [-0.39, 0.29) is 0 Å². The van der Waals surface area contributed by atoms with E-state index >= 15 is 0 Å². The molecule has 1 N–H and O–H groups in total. The zero-order valence-corrected chi connectivity index (χ0v) is 17.8. The fourth-order valence-electron chi connectivity index (χ4n) is 4.94. The molecule has 0 amide bonds. The van der Waals surface area contributed by atoms with Gasteiger partial charge in [-0.1, -0.05) is 44.0 Å². The highest BCUT2D eigenvalue weighted by Crippen LogP contribution is 2.34. The molecule has 30 heavy (non-hydrogen) atoms. The smallest absolute Gasteiger partial charge is 0.0651 e. The van der Waals surface area contributed by atoms with Crippen molar-refractivity contribution in [3.8, 4) is 0 Å². The molecule has 154 valence electrons. The van der Waals surface area contributed by atoms with Crippen LogP contribution in [-0.2, 0) is 13.0 Å². The Bertz CT molecular complexity index is 1150. The lowest BCUT2D eigenvalue weighted by atomic mass is 9.90. The predicted molar refractivity (Wildman–Crippen MR) is 123 cm³/mol. The van der Waals surface area contributed by atoms with E-state index in [1.165, 1.54) is 59.7 Å². The van der Waals surface area contributed by atoms with Crippen LogP contribution in [0.25, 0.3) is 21.8 Å². The van der Waals surface area contributed by atoms with Crippen molar-refractivity contribution in [2.24, 2.45) is 0 Å². The lowest BCUT2D eigenvalue weighted by molar-refractivity contribution is 0.160. The lowest BCUT2D eigenvalue weighted by Crippen LogP contribution is -2.33. The molecule has 0 aliphatic heterocycles. The van der Waals surface area contributed by atoms with Gasteiger partial charge in [0, 0.05) is 29.0 Å². The van der Waals surface area contributed by atoms with Crippen LogP contribution in [-0.4, -0.2) is 26.4 Å². The van der Waals surface area contributed by atoms with Crippen LogP contribution in [0.5, 0.6) is 0 Å². The van der Waals surface area contributed by atoms with Gasteiger partial charge >= 0.3 is 0 Å². The number of hydrogen-bond acceptors (Lipinski definition) is 3. The van der Waals surface area contributed by atoms with Crippen LogP contribution >= 0.6 is 0 Å². The summed E-state index contributed by atoms with van der Waals surface area (Å²) in [6.07, 6.45) is 11.3. The Morgan fingerprint density at radius 3 is 2.90 bits per heavy atom. The fraction of sp³-hybridized carbons (Fsp3) is 0.385. The zero-order valence-electron chi connectivity index (χ0n) is 17.8. The second kappa shape index (κ2) is 8.57. The van der Waals surface area contributed by atoms with Crippen LogP contribution in [0, 0.1) is 0 Å². The van der Waals surface area contributed by atoms with Crippen LogP contribution in [0.3, 0.4) is 0 Å². The number of hydrogen-bond donors (Lipinski definition) is 1. The number of rotatable bonds is 7. The van der Waals surface area contributed by atoms with Crippen LogP contribution < -0.4 is 0 Å². The molecular weight excluding hydrogens is 368 g/mol. The molecule has 0 spiro atoms. The van der Waals surface area contributed by atoms with Crippen LogP contribution in [0.1, 0.15) is 62.0 Å². The van der Waals surface area contributed by atoms with E-state index in [2.05, 4.69) is 59.3 Å². The van der Waals surface area contributed by atoms with Crippen molar-refractivity contribution in [2.75, 3.05) is 6.54 Å². The minimum Gasteiger partial charge on any atom is -0.353 e. The van der Waals surface area contributed by atoms with E-state index < -0.39 is 0 Å². The molecule has 1 aliphatic rings. The lowest BCUT2D eigenvalue weighted by Gasteiger charge is -2.35. The van der Waals surface area contributed by atoms with Gasteiger partial charge < -0.3 is 4.98 Å². The number of H-pyrrole nitrogens is 1. The minimum absolute atomic E-state index is 0.396. The summed E-state index contributed by atoms with van der Waals surface area (Å²) in [4.78, 5) is 15.8. The second-order valence-electron chi connectivity index (χ2n) is 8.53. The van der Waals surface area contributed by atoms with Gasteiger partial charge in [-0.2, -0.15) is 0 Å². The molecule has 5 rings (SSSR count). The molecule has 0 saturated heterocycles. The molecule has 3 aromatic heterocycles. The molecule has 0 bridgehead atoms. The summed E-state index contributed by atoms with van der Waals surface area (Å²) in [5.41, 5.74) is 6.15. The fourth-order valence-corrected chi connectivity index (χ4v) is 4.94. The third-order valence-electron chi connectivity index (χ3n) is 6.47. The summed E-state index contributed by atoms with van der Waals surface area (Å²) in [6.45, 7) is 4.25. The van der Waals surface area contributed by atoms with Crippen molar-refractivity contribution < 1.29 is 0 Å². The second-order valence-corrected chi connectivity index (χ2v) is 8.53. The molecule has 0 fully saturated rings. The van der Waals surface area contributed by atoms with Gasteiger partial charge in [0.05, 0.1) is 29.1 Å². The Morgan fingerprint density at radius 2 is 1.97 bits per heavy atom. The Morgan fingerprint density at radius 1 is 1.03 bits per heavy atom. The SMILES string of the molecule is CCCCCN(Cc1cc2c(cn1)[nH]c1ccccc12)[C@H]1CCCc2cccnc21. The van der Waals surface area contributed by atoms with Gasteiger partial charge in [0.25, 0.3) is 0 Å². The summed E-state index contributed by atoms with van der Waals surface area (Å²) in [6, 6.07) is 15.5. The molecule has 4 aromatic rings. The summed E-state index contributed by atoms with van der Waals surface area (Å²) in [7, 11) is 0. The molecule has 1 aliphatic carbocycles. The highest BCUT2D eigenvalue weighted by molar-refractivity contribution is 6.06. The van der Waals surface area contributed by atoms with Crippen molar-refractivity contribution in [1.29, 1.82) is 0 Å². The quantitative estimate of drug-likeness (QED) is 0.378. The van der Waals surface area contributed by atoms with Crippen molar-refractivity contribution in [2.45, 2.75) is 58.0 Å². The van der Waals surface area contributed by atoms with Crippen LogP contribution in [0.15, 0.2) is 54.9 Å². The van der Waals surface area contributed by atoms with Crippen molar-refractivity contribution >= 4 is 21.8 Å². The first kappa shape index (κ1) is 19.3. The first-order chi connectivity index (χ1) is 14.8. The number of pyridine rings is 2. The third-order valence-corrected chi connectivity index (χ3v) is 6.47. The number of aromatic nitrogens is 3. The van der Waals surface area contributed by atoms with E-state index in [0.29, 0.717) is 6.04 Å². The minimum atomic E-state index is 0.396. The van der Waals surface area contributed by atoms with E-state index in [9.17, 15) is 0 Å². The highest BCUT2D eigenvalue weighted by Gasteiger charge is 2.27. The van der Waals surface area contributed by atoms with Gasteiger partial charge in [-0.05, 0) is 56.0 Å². The van der Waals surface area contributed by atoms with E-state index in [1.54, 1.807) is 0 Å². The average Bonchev–Trinajstić information content (AvgIpc) is 3.16.